The monoisotopic (exact) mass is 726 g/mol. The molecule has 9 heteroatoms. The largest absolute Gasteiger partial charge is 0.392 e. The van der Waals surface area contributed by atoms with E-state index in [4.69, 9.17) is 9.47 Å². The van der Waals surface area contributed by atoms with Gasteiger partial charge in [0, 0.05) is 40.8 Å². The van der Waals surface area contributed by atoms with Crippen molar-refractivity contribution in [1.82, 2.24) is 15.5 Å². The van der Waals surface area contributed by atoms with Gasteiger partial charge >= 0.3 is 6.03 Å². The van der Waals surface area contributed by atoms with Crippen molar-refractivity contribution in [2.45, 2.75) is 153 Å². The molecule has 2 aromatic carbocycles. The minimum atomic E-state index is -0.623. The summed E-state index contributed by atoms with van der Waals surface area (Å²) < 4.78 is 13.7. The number of nitrogens with zero attached hydrogens (tertiary/aromatic N) is 1. The Morgan fingerprint density at radius 2 is 1.49 bits per heavy atom. The molecule has 2 aliphatic heterocycles. The van der Waals surface area contributed by atoms with Gasteiger partial charge in [-0.15, -0.1) is 0 Å². The van der Waals surface area contributed by atoms with Crippen LogP contribution in [0, 0.1) is 29.6 Å². The molecule has 5 aliphatic carbocycles. The molecular formula is C44H62N4O5. The van der Waals surface area contributed by atoms with Crippen LogP contribution >= 0.6 is 0 Å². The molecule has 7 aliphatic rings. The highest BCUT2D eigenvalue weighted by atomic mass is 16.7. The molecule has 0 spiro atoms. The minimum absolute atomic E-state index is 0.00774. The zero-order valence-electron chi connectivity index (χ0n) is 32.3. The first-order valence-corrected chi connectivity index (χ1v) is 20.7. The summed E-state index contributed by atoms with van der Waals surface area (Å²) in [7, 11) is 0. The Morgan fingerprint density at radius 1 is 0.849 bits per heavy atom. The first-order valence-electron chi connectivity index (χ1n) is 20.7. The lowest BCUT2D eigenvalue weighted by Crippen LogP contribution is -2.61. The van der Waals surface area contributed by atoms with Crippen LogP contribution in [0.4, 0.5) is 10.5 Å². The molecule has 288 valence electrons. The lowest BCUT2D eigenvalue weighted by Gasteiger charge is -2.56. The number of amides is 3. The molecule has 2 heterocycles. The van der Waals surface area contributed by atoms with E-state index in [2.05, 4.69) is 60.7 Å². The molecule has 3 amide bonds. The van der Waals surface area contributed by atoms with Crippen molar-refractivity contribution >= 4 is 17.6 Å². The quantitative estimate of drug-likeness (QED) is 0.220. The lowest BCUT2D eigenvalue weighted by atomic mass is 9.53. The fourth-order valence-corrected chi connectivity index (χ4v) is 11.7. The van der Waals surface area contributed by atoms with Crippen LogP contribution in [0.25, 0.3) is 0 Å². The average molecular weight is 727 g/mol. The number of piperidine rings is 1. The van der Waals surface area contributed by atoms with Crippen LogP contribution in [-0.4, -0.2) is 57.8 Å². The van der Waals surface area contributed by atoms with Crippen LogP contribution in [0.3, 0.4) is 0 Å². The molecule has 0 aromatic heterocycles. The Bertz CT molecular complexity index is 1570. The third kappa shape index (κ3) is 8.05. The number of aliphatic hydroxyl groups is 1. The predicted molar refractivity (Wildman–Crippen MR) is 206 cm³/mol. The van der Waals surface area contributed by atoms with Gasteiger partial charge in [-0.25, -0.2) is 4.79 Å². The van der Waals surface area contributed by atoms with Crippen molar-refractivity contribution in [2.75, 3.05) is 11.9 Å². The molecule has 7 unspecified atom stereocenters. The van der Waals surface area contributed by atoms with E-state index in [1.165, 1.54) is 38.5 Å². The zero-order chi connectivity index (χ0) is 36.9. The van der Waals surface area contributed by atoms with Crippen molar-refractivity contribution in [3.63, 3.8) is 0 Å². The molecule has 4 N–H and O–H groups in total. The number of carbonyl (C=O) groups is 2. The fourth-order valence-electron chi connectivity index (χ4n) is 11.7. The summed E-state index contributed by atoms with van der Waals surface area (Å²) in [5.74, 6) is 3.04. The normalized spacial score (nSPS) is 36.8. The second kappa shape index (κ2) is 14.9. The first-order chi connectivity index (χ1) is 25.4. The standard InChI is InChI=1S/C44H62N4O5/c1-27-38(25-48-36-8-6-5-7-32(36)15-18-37(48)40(50)46-43(2,3)4)52-41(53-39(27)33-11-9-28(26-49)10-12-33)34-13-16-35(17-14-34)45-42(51)47-44-22-29-19-30(23-44)21-31(20-29)24-44/h9-14,16-17,27,29-32,36-39,41,49H,5-8,15,18-26H2,1-4H3,(H,46,50)(H2,45,47,51). The number of ether oxygens (including phenoxy) is 2. The Labute approximate surface area is 316 Å². The van der Waals surface area contributed by atoms with Gasteiger partial charge in [0.1, 0.15) is 0 Å². The molecule has 7 atom stereocenters. The molecule has 53 heavy (non-hydrogen) atoms. The van der Waals surface area contributed by atoms with E-state index in [-0.39, 0.29) is 53.8 Å². The lowest BCUT2D eigenvalue weighted by molar-refractivity contribution is -0.278. The molecular weight excluding hydrogens is 665 g/mol. The highest BCUT2D eigenvalue weighted by Gasteiger charge is 2.52. The van der Waals surface area contributed by atoms with Crippen LogP contribution in [0.5, 0.6) is 0 Å². The van der Waals surface area contributed by atoms with E-state index < -0.39 is 6.29 Å². The van der Waals surface area contributed by atoms with E-state index in [9.17, 15) is 14.7 Å². The summed E-state index contributed by atoms with van der Waals surface area (Å²) in [5, 5.41) is 19.6. The van der Waals surface area contributed by atoms with Crippen molar-refractivity contribution in [1.29, 1.82) is 0 Å². The third-order valence-corrected chi connectivity index (χ3v) is 13.7. The van der Waals surface area contributed by atoms with Gasteiger partial charge in [-0.3, -0.25) is 9.69 Å². The number of urea groups is 1. The highest BCUT2D eigenvalue weighted by Crippen LogP contribution is 2.55. The summed E-state index contributed by atoms with van der Waals surface area (Å²) >= 11 is 0. The van der Waals surface area contributed by atoms with Crippen LogP contribution in [0.2, 0.25) is 0 Å². The molecule has 7 fully saturated rings. The Kier molecular flexibility index (Phi) is 10.4. The number of aliphatic hydroxyl groups excluding tert-OH is 1. The van der Waals surface area contributed by atoms with Crippen molar-refractivity contribution < 1.29 is 24.2 Å². The van der Waals surface area contributed by atoms with Gasteiger partial charge in [0.15, 0.2) is 6.29 Å². The van der Waals surface area contributed by atoms with Crippen molar-refractivity contribution in [2.24, 2.45) is 29.6 Å². The number of anilines is 1. The van der Waals surface area contributed by atoms with Crippen LogP contribution < -0.4 is 16.0 Å². The summed E-state index contributed by atoms with van der Waals surface area (Å²) in [6, 6.07) is 16.0. The van der Waals surface area contributed by atoms with Gasteiger partial charge in [-0.1, -0.05) is 56.2 Å². The first kappa shape index (κ1) is 37.0. The van der Waals surface area contributed by atoms with Crippen molar-refractivity contribution in [3.8, 4) is 0 Å². The maximum absolute atomic E-state index is 13.9. The Morgan fingerprint density at radius 3 is 2.13 bits per heavy atom. The summed E-state index contributed by atoms with van der Waals surface area (Å²) in [5.41, 5.74) is 3.20. The van der Waals surface area contributed by atoms with Gasteiger partial charge in [0.25, 0.3) is 0 Å². The highest BCUT2D eigenvalue weighted by molar-refractivity contribution is 5.89. The van der Waals surface area contributed by atoms with Gasteiger partial charge in [-0.2, -0.15) is 0 Å². The van der Waals surface area contributed by atoms with Gasteiger partial charge in [0.2, 0.25) is 5.91 Å². The van der Waals surface area contributed by atoms with Crippen LogP contribution in [0.1, 0.15) is 134 Å². The molecule has 9 nitrogen and oxygen atoms in total. The van der Waals surface area contributed by atoms with Gasteiger partial charge < -0.3 is 30.5 Å². The molecule has 0 radical (unpaired) electrons. The number of hydrogen-bond donors (Lipinski definition) is 4. The van der Waals surface area contributed by atoms with E-state index >= 15 is 0 Å². The number of nitrogens with one attached hydrogen (secondary N) is 3. The topological polar surface area (TPSA) is 112 Å². The Balaban J connectivity index is 1.01. The molecule has 5 saturated carbocycles. The molecule has 4 bridgehead atoms. The SMILES string of the molecule is CC1C(CN2C(C(=O)NC(C)(C)C)CCC3CCCCC32)OC(c2ccc(NC(=O)NC34CC5CC(CC(C5)C3)C4)cc2)OC1c1ccc(CO)cc1. The number of fused-ring (bicyclic) bond motifs is 1. The number of benzene rings is 2. The summed E-state index contributed by atoms with van der Waals surface area (Å²) in [6.07, 6.45) is 13.1. The molecule has 2 saturated heterocycles. The van der Waals surface area contributed by atoms with Gasteiger partial charge in [-0.05, 0) is 132 Å². The van der Waals surface area contributed by atoms with Gasteiger partial charge in [0.05, 0.1) is 24.9 Å². The summed E-state index contributed by atoms with van der Waals surface area (Å²) in [4.78, 5) is 29.7. The van der Waals surface area contributed by atoms with E-state index in [0.717, 1.165) is 78.7 Å². The second-order valence-corrected chi connectivity index (χ2v) is 18.9. The zero-order valence-corrected chi connectivity index (χ0v) is 32.3. The summed E-state index contributed by atoms with van der Waals surface area (Å²) in [6.45, 7) is 9.01. The van der Waals surface area contributed by atoms with Crippen LogP contribution in [0.15, 0.2) is 48.5 Å². The maximum Gasteiger partial charge on any atom is 0.319 e. The predicted octanol–water partition coefficient (Wildman–Crippen LogP) is 8.00. The average Bonchev–Trinajstić information content (AvgIpc) is 3.11. The second-order valence-electron chi connectivity index (χ2n) is 18.9. The number of likely N-dealkylation sites (tertiary alicyclic amines) is 1. The van der Waals surface area contributed by atoms with Crippen molar-refractivity contribution in [3.05, 3.63) is 65.2 Å². The number of rotatable bonds is 8. The number of hydrogen-bond acceptors (Lipinski definition) is 6. The van der Waals surface area contributed by atoms with E-state index in [1.807, 2.05) is 36.4 Å². The molecule has 9 rings (SSSR count). The smallest absolute Gasteiger partial charge is 0.319 e. The number of carbonyl (C=O) groups excluding carboxylic acids is 2. The minimum Gasteiger partial charge on any atom is -0.392 e. The third-order valence-electron chi connectivity index (χ3n) is 13.7. The van der Waals surface area contributed by atoms with E-state index in [0.29, 0.717) is 18.5 Å². The molecule has 2 aromatic rings. The fraction of sp³-hybridized carbons (Fsp3) is 0.682. The van der Waals surface area contributed by atoms with Crippen LogP contribution in [-0.2, 0) is 20.9 Å². The Hall–Kier alpha value is -2.98. The maximum atomic E-state index is 13.9. The van der Waals surface area contributed by atoms with E-state index in [1.54, 1.807) is 0 Å².